The summed E-state index contributed by atoms with van der Waals surface area (Å²) in [5, 5.41) is 0.0456. The van der Waals surface area contributed by atoms with Crippen LogP contribution in [0.4, 0.5) is 10.2 Å². The van der Waals surface area contributed by atoms with E-state index in [9.17, 15) is 4.39 Å². The number of anilines is 1. The molecule has 0 saturated carbocycles. The maximum atomic E-state index is 14.0. The van der Waals surface area contributed by atoms with E-state index >= 15 is 0 Å². The summed E-state index contributed by atoms with van der Waals surface area (Å²) in [5.74, 6) is 5.57. The number of aryl methyl sites for hydroxylation is 1. The molecule has 0 aliphatic rings. The molecule has 0 aliphatic heterocycles. The highest BCUT2D eigenvalue weighted by molar-refractivity contribution is 6.31. The Balaban J connectivity index is 2.54. The van der Waals surface area contributed by atoms with E-state index in [0.717, 1.165) is 18.5 Å². The second-order valence-electron chi connectivity index (χ2n) is 4.06. The van der Waals surface area contributed by atoms with E-state index in [0.29, 0.717) is 5.82 Å². The van der Waals surface area contributed by atoms with Gasteiger partial charge in [0.1, 0.15) is 5.82 Å². The normalized spacial score (nSPS) is 10.5. The predicted molar refractivity (Wildman–Crippen MR) is 74.2 cm³/mol. The molecule has 1 aromatic heterocycles. The Morgan fingerprint density at radius 1 is 1.37 bits per heavy atom. The van der Waals surface area contributed by atoms with Crippen molar-refractivity contribution < 1.29 is 4.39 Å². The van der Waals surface area contributed by atoms with Crippen LogP contribution < -0.4 is 11.3 Å². The first-order chi connectivity index (χ1) is 9.15. The number of nitrogens with one attached hydrogen (secondary N) is 1. The number of nitrogens with two attached hydrogens (primary N) is 1. The molecular weight excluding hydrogens is 267 g/mol. The molecular formula is C13H14ClFN4. The number of hydrogen-bond donors (Lipinski definition) is 2. The highest BCUT2D eigenvalue weighted by atomic mass is 35.5. The molecule has 0 radical (unpaired) electrons. The standard InChI is InChI=1S/C13H14ClFN4/c1-2-4-8-7-11(19-16)18-13(17-8)9-5-3-6-10(14)12(9)15/h3,5-7H,2,4,16H2,1H3,(H,17,18,19). The van der Waals surface area contributed by atoms with Gasteiger partial charge in [0.2, 0.25) is 0 Å². The van der Waals surface area contributed by atoms with Gasteiger partial charge < -0.3 is 5.43 Å². The molecule has 1 heterocycles. The molecule has 0 unspecified atom stereocenters. The molecule has 1 aromatic carbocycles. The zero-order valence-electron chi connectivity index (χ0n) is 10.5. The van der Waals surface area contributed by atoms with Crippen LogP contribution in [-0.2, 0) is 6.42 Å². The van der Waals surface area contributed by atoms with E-state index in [1.54, 1.807) is 18.2 Å². The average molecular weight is 281 g/mol. The number of benzene rings is 1. The summed E-state index contributed by atoms with van der Waals surface area (Å²) in [6.45, 7) is 2.04. The van der Waals surface area contributed by atoms with E-state index < -0.39 is 5.82 Å². The Morgan fingerprint density at radius 3 is 2.84 bits per heavy atom. The van der Waals surface area contributed by atoms with Crippen molar-refractivity contribution in [2.45, 2.75) is 19.8 Å². The van der Waals surface area contributed by atoms with Gasteiger partial charge in [-0.05, 0) is 18.6 Å². The van der Waals surface area contributed by atoms with Gasteiger partial charge in [-0.1, -0.05) is 31.0 Å². The first kappa shape index (κ1) is 13.7. The minimum atomic E-state index is -0.527. The number of nitrogens with zero attached hydrogens (tertiary/aromatic N) is 2. The van der Waals surface area contributed by atoms with Gasteiger partial charge in [-0.15, -0.1) is 0 Å². The second-order valence-corrected chi connectivity index (χ2v) is 4.47. The molecule has 0 saturated heterocycles. The zero-order valence-corrected chi connectivity index (χ0v) is 11.2. The molecule has 0 amide bonds. The molecule has 0 fully saturated rings. The van der Waals surface area contributed by atoms with Crippen molar-refractivity contribution in [3.8, 4) is 11.4 Å². The van der Waals surface area contributed by atoms with Gasteiger partial charge in [0.15, 0.2) is 11.6 Å². The van der Waals surface area contributed by atoms with Crippen molar-refractivity contribution in [1.82, 2.24) is 9.97 Å². The van der Waals surface area contributed by atoms with Crippen molar-refractivity contribution in [2.24, 2.45) is 5.84 Å². The number of nitrogen functional groups attached to an aromatic ring is 1. The maximum absolute atomic E-state index is 14.0. The summed E-state index contributed by atoms with van der Waals surface area (Å²) in [6.07, 6.45) is 1.70. The molecule has 0 bridgehead atoms. The quantitative estimate of drug-likeness (QED) is 0.667. The Bertz CT molecular complexity index is 589. The third-order valence-electron chi connectivity index (χ3n) is 2.63. The lowest BCUT2D eigenvalue weighted by Gasteiger charge is -2.08. The van der Waals surface area contributed by atoms with Crippen molar-refractivity contribution in [2.75, 3.05) is 5.43 Å². The molecule has 0 atom stereocenters. The van der Waals surface area contributed by atoms with Crippen LogP contribution in [0.2, 0.25) is 5.02 Å². The first-order valence-electron chi connectivity index (χ1n) is 5.94. The van der Waals surface area contributed by atoms with Crippen LogP contribution in [0, 0.1) is 5.82 Å². The van der Waals surface area contributed by atoms with Crippen molar-refractivity contribution >= 4 is 17.4 Å². The highest BCUT2D eigenvalue weighted by Crippen LogP contribution is 2.26. The van der Waals surface area contributed by atoms with E-state index in [1.807, 2.05) is 6.92 Å². The van der Waals surface area contributed by atoms with Crippen molar-refractivity contribution in [3.63, 3.8) is 0 Å². The van der Waals surface area contributed by atoms with Gasteiger partial charge in [0, 0.05) is 11.8 Å². The van der Waals surface area contributed by atoms with E-state index in [-0.39, 0.29) is 16.4 Å². The third kappa shape index (κ3) is 3.00. The van der Waals surface area contributed by atoms with Gasteiger partial charge in [-0.3, -0.25) is 0 Å². The molecule has 2 rings (SSSR count). The van der Waals surface area contributed by atoms with Crippen LogP contribution in [0.15, 0.2) is 24.3 Å². The van der Waals surface area contributed by atoms with Crippen LogP contribution in [0.1, 0.15) is 19.0 Å². The number of rotatable bonds is 4. The Kier molecular flexibility index (Phi) is 4.29. The Morgan fingerprint density at radius 2 is 2.16 bits per heavy atom. The number of hydrogen-bond acceptors (Lipinski definition) is 4. The third-order valence-corrected chi connectivity index (χ3v) is 2.92. The number of halogens is 2. The first-order valence-corrected chi connectivity index (χ1v) is 6.32. The molecule has 100 valence electrons. The van der Waals surface area contributed by atoms with E-state index in [4.69, 9.17) is 17.4 Å². The van der Waals surface area contributed by atoms with Crippen molar-refractivity contribution in [1.29, 1.82) is 0 Å². The molecule has 4 nitrogen and oxygen atoms in total. The van der Waals surface area contributed by atoms with Gasteiger partial charge >= 0.3 is 0 Å². The monoisotopic (exact) mass is 280 g/mol. The Hall–Kier alpha value is -1.72. The van der Waals surface area contributed by atoms with Gasteiger partial charge in [0.05, 0.1) is 10.6 Å². The minimum absolute atomic E-state index is 0.0456. The lowest BCUT2D eigenvalue weighted by molar-refractivity contribution is 0.630. The fourth-order valence-corrected chi connectivity index (χ4v) is 1.93. The van der Waals surface area contributed by atoms with Gasteiger partial charge in [-0.2, -0.15) is 0 Å². The molecule has 2 aromatic rings. The van der Waals surface area contributed by atoms with Crippen LogP contribution in [0.5, 0.6) is 0 Å². The van der Waals surface area contributed by atoms with Crippen LogP contribution in [0.3, 0.4) is 0 Å². The molecule has 0 aliphatic carbocycles. The highest BCUT2D eigenvalue weighted by Gasteiger charge is 2.13. The van der Waals surface area contributed by atoms with Crippen LogP contribution in [0.25, 0.3) is 11.4 Å². The molecule has 6 heteroatoms. The largest absolute Gasteiger partial charge is 0.308 e. The van der Waals surface area contributed by atoms with Gasteiger partial charge in [0.25, 0.3) is 0 Å². The maximum Gasteiger partial charge on any atom is 0.164 e. The fraction of sp³-hybridized carbons (Fsp3) is 0.231. The summed E-state index contributed by atoms with van der Waals surface area (Å²) in [5.41, 5.74) is 3.53. The average Bonchev–Trinajstić information content (AvgIpc) is 2.42. The predicted octanol–water partition coefficient (Wildman–Crippen LogP) is 3.17. The van der Waals surface area contributed by atoms with Crippen LogP contribution >= 0.6 is 11.6 Å². The number of aromatic nitrogens is 2. The van der Waals surface area contributed by atoms with Gasteiger partial charge in [-0.25, -0.2) is 20.2 Å². The lowest BCUT2D eigenvalue weighted by Crippen LogP contribution is -2.11. The molecule has 0 spiro atoms. The SMILES string of the molecule is CCCc1cc(NN)nc(-c2cccc(Cl)c2F)n1. The summed E-state index contributed by atoms with van der Waals surface area (Å²) in [7, 11) is 0. The van der Waals surface area contributed by atoms with Crippen molar-refractivity contribution in [3.05, 3.63) is 40.8 Å². The Labute approximate surface area is 115 Å². The summed E-state index contributed by atoms with van der Waals surface area (Å²) < 4.78 is 14.0. The smallest absolute Gasteiger partial charge is 0.164 e. The van der Waals surface area contributed by atoms with E-state index in [2.05, 4.69) is 15.4 Å². The minimum Gasteiger partial charge on any atom is -0.308 e. The van der Waals surface area contributed by atoms with E-state index in [1.165, 1.54) is 6.07 Å². The molecule has 3 N–H and O–H groups in total. The zero-order chi connectivity index (χ0) is 13.8. The van der Waals surface area contributed by atoms with Crippen LogP contribution in [-0.4, -0.2) is 9.97 Å². The summed E-state index contributed by atoms with van der Waals surface area (Å²) in [6, 6.07) is 6.48. The number of hydrazine groups is 1. The lowest BCUT2D eigenvalue weighted by atomic mass is 10.2. The summed E-state index contributed by atoms with van der Waals surface area (Å²) in [4.78, 5) is 8.50. The topological polar surface area (TPSA) is 63.8 Å². The fourth-order valence-electron chi connectivity index (χ4n) is 1.75. The second kappa shape index (κ2) is 5.95. The summed E-state index contributed by atoms with van der Waals surface area (Å²) >= 11 is 5.77. The molecule has 19 heavy (non-hydrogen) atoms.